The molecule has 0 spiro atoms. The van der Waals surface area contributed by atoms with Gasteiger partial charge in [0.15, 0.2) is 0 Å². The van der Waals surface area contributed by atoms with Crippen LogP contribution in [0.5, 0.6) is 0 Å². The largest absolute Gasteiger partial charge is 0.464 e. The van der Waals surface area contributed by atoms with Gasteiger partial charge in [0.2, 0.25) is 5.91 Å². The molecule has 1 atom stereocenters. The van der Waals surface area contributed by atoms with E-state index in [4.69, 9.17) is 9.47 Å². The van der Waals surface area contributed by atoms with Gasteiger partial charge in [-0.2, -0.15) is 0 Å². The van der Waals surface area contributed by atoms with E-state index in [1.807, 2.05) is 27.9 Å². The predicted octanol–water partition coefficient (Wildman–Crippen LogP) is 1.68. The summed E-state index contributed by atoms with van der Waals surface area (Å²) >= 11 is 0. The number of rotatable bonds is 11. The van der Waals surface area contributed by atoms with E-state index in [2.05, 4.69) is 10.2 Å². The topological polar surface area (TPSA) is 67.9 Å². The highest BCUT2D eigenvalue weighted by molar-refractivity contribution is 5.83. The Morgan fingerprint density at radius 2 is 1.74 bits per heavy atom. The molecule has 1 amide bonds. The third-order valence-electron chi connectivity index (χ3n) is 3.36. The van der Waals surface area contributed by atoms with Gasteiger partial charge >= 0.3 is 5.97 Å². The molecule has 136 valence electrons. The third-order valence-corrected chi connectivity index (χ3v) is 3.36. The summed E-state index contributed by atoms with van der Waals surface area (Å²) in [5, 5.41) is 2.92. The minimum Gasteiger partial charge on any atom is -0.464 e. The molecule has 0 saturated carbocycles. The van der Waals surface area contributed by atoms with E-state index < -0.39 is 5.41 Å². The summed E-state index contributed by atoms with van der Waals surface area (Å²) in [6.45, 7) is 10.9. The van der Waals surface area contributed by atoms with Gasteiger partial charge in [0.1, 0.15) is 12.0 Å². The molecule has 0 aromatic heterocycles. The number of carbonyl (C=O) groups excluding carboxylic acids is 2. The maximum absolute atomic E-state index is 12.5. The first kappa shape index (κ1) is 21.9. The van der Waals surface area contributed by atoms with Crippen LogP contribution in [0.3, 0.4) is 0 Å². The molecule has 0 radical (unpaired) electrons. The molecule has 0 fully saturated rings. The molecule has 6 heteroatoms. The van der Waals surface area contributed by atoms with Gasteiger partial charge in [0.25, 0.3) is 0 Å². The molecular formula is C17H34N2O4. The number of ether oxygens (including phenoxy) is 2. The van der Waals surface area contributed by atoms with Crippen LogP contribution in [0.4, 0.5) is 0 Å². The molecule has 0 aliphatic carbocycles. The highest BCUT2D eigenvalue weighted by Crippen LogP contribution is 2.20. The Morgan fingerprint density at radius 3 is 2.22 bits per heavy atom. The molecule has 0 rings (SSSR count). The molecule has 6 nitrogen and oxygen atoms in total. The number of hydrogen-bond acceptors (Lipinski definition) is 5. The number of hydrogen-bond donors (Lipinski definition) is 1. The van der Waals surface area contributed by atoms with Gasteiger partial charge < -0.3 is 19.7 Å². The van der Waals surface area contributed by atoms with E-state index in [1.54, 1.807) is 20.8 Å². The van der Waals surface area contributed by atoms with Crippen molar-refractivity contribution in [1.29, 1.82) is 0 Å². The number of nitrogens with one attached hydrogen (secondary N) is 1. The molecular weight excluding hydrogens is 296 g/mol. The van der Waals surface area contributed by atoms with Gasteiger partial charge in [-0.1, -0.05) is 13.8 Å². The highest BCUT2D eigenvalue weighted by atomic mass is 16.5. The fraction of sp³-hybridized carbons (Fsp3) is 0.882. The Morgan fingerprint density at radius 1 is 1.13 bits per heavy atom. The van der Waals surface area contributed by atoms with Crippen molar-refractivity contribution in [2.75, 3.05) is 40.4 Å². The monoisotopic (exact) mass is 330 g/mol. The minimum atomic E-state index is -0.882. The van der Waals surface area contributed by atoms with Gasteiger partial charge in [0, 0.05) is 6.54 Å². The first-order valence-corrected chi connectivity index (χ1v) is 8.29. The summed E-state index contributed by atoms with van der Waals surface area (Å²) < 4.78 is 10.9. The van der Waals surface area contributed by atoms with Crippen molar-refractivity contribution in [3.8, 4) is 0 Å². The zero-order chi connectivity index (χ0) is 18.0. The number of carbonyl (C=O) groups is 2. The van der Waals surface area contributed by atoms with Crippen LogP contribution in [0.1, 0.15) is 41.0 Å². The highest BCUT2D eigenvalue weighted by Gasteiger charge is 2.35. The van der Waals surface area contributed by atoms with E-state index in [-0.39, 0.29) is 37.1 Å². The minimum absolute atomic E-state index is 0.0108. The second kappa shape index (κ2) is 10.6. The summed E-state index contributed by atoms with van der Waals surface area (Å²) in [5.74, 6) is -0.664. The lowest BCUT2D eigenvalue weighted by Crippen LogP contribution is -2.46. The predicted molar refractivity (Wildman–Crippen MR) is 91.2 cm³/mol. The quantitative estimate of drug-likeness (QED) is 0.461. The van der Waals surface area contributed by atoms with E-state index in [0.717, 1.165) is 13.0 Å². The molecule has 0 aromatic carbocycles. The number of esters is 1. The average molecular weight is 330 g/mol. The van der Waals surface area contributed by atoms with Crippen molar-refractivity contribution in [3.63, 3.8) is 0 Å². The zero-order valence-corrected chi connectivity index (χ0v) is 15.8. The second-order valence-electron chi connectivity index (χ2n) is 7.10. The molecule has 0 aromatic rings. The van der Waals surface area contributed by atoms with E-state index in [1.165, 1.54) is 0 Å². The van der Waals surface area contributed by atoms with Gasteiger partial charge in [-0.25, -0.2) is 0 Å². The molecule has 0 aliphatic rings. The maximum atomic E-state index is 12.5. The fourth-order valence-corrected chi connectivity index (χ4v) is 1.73. The molecule has 0 saturated heterocycles. The summed E-state index contributed by atoms with van der Waals surface area (Å²) in [6, 6.07) is 0. The molecule has 0 aliphatic heterocycles. The van der Waals surface area contributed by atoms with E-state index >= 15 is 0 Å². The lowest BCUT2D eigenvalue weighted by Gasteiger charge is -2.29. The summed E-state index contributed by atoms with van der Waals surface area (Å²) in [7, 11) is 3.99. The smallest absolute Gasteiger partial charge is 0.308 e. The van der Waals surface area contributed by atoms with Crippen molar-refractivity contribution in [2.45, 2.75) is 47.1 Å². The average Bonchev–Trinajstić information content (AvgIpc) is 2.46. The van der Waals surface area contributed by atoms with Crippen molar-refractivity contribution >= 4 is 11.9 Å². The molecule has 1 N–H and O–H groups in total. The van der Waals surface area contributed by atoms with Crippen molar-refractivity contribution in [3.05, 3.63) is 0 Å². The van der Waals surface area contributed by atoms with Crippen LogP contribution in [0.15, 0.2) is 0 Å². The van der Waals surface area contributed by atoms with Crippen molar-refractivity contribution in [1.82, 2.24) is 10.2 Å². The molecule has 23 heavy (non-hydrogen) atoms. The van der Waals surface area contributed by atoms with E-state index in [9.17, 15) is 9.59 Å². The lowest BCUT2D eigenvalue weighted by atomic mass is 9.91. The van der Waals surface area contributed by atoms with Gasteiger partial charge in [-0.15, -0.1) is 0 Å². The Kier molecular flexibility index (Phi) is 10.1. The first-order valence-electron chi connectivity index (χ1n) is 8.29. The van der Waals surface area contributed by atoms with Crippen molar-refractivity contribution < 1.29 is 19.1 Å². The van der Waals surface area contributed by atoms with Crippen LogP contribution in [-0.4, -0.2) is 63.3 Å². The van der Waals surface area contributed by atoms with Gasteiger partial charge in [-0.3, -0.25) is 9.59 Å². The van der Waals surface area contributed by atoms with Crippen LogP contribution in [0.25, 0.3) is 0 Å². The molecule has 0 heterocycles. The number of nitrogens with zero attached hydrogens (tertiary/aromatic N) is 1. The van der Waals surface area contributed by atoms with Crippen LogP contribution >= 0.6 is 0 Å². The Balaban J connectivity index is 4.62. The van der Waals surface area contributed by atoms with Gasteiger partial charge in [0.05, 0.1) is 18.6 Å². The number of amides is 1. The Hall–Kier alpha value is -1.14. The summed E-state index contributed by atoms with van der Waals surface area (Å²) in [5.41, 5.74) is -0.882. The maximum Gasteiger partial charge on any atom is 0.308 e. The third kappa shape index (κ3) is 9.56. The summed E-state index contributed by atoms with van der Waals surface area (Å²) in [4.78, 5) is 26.3. The van der Waals surface area contributed by atoms with E-state index in [0.29, 0.717) is 6.54 Å². The van der Waals surface area contributed by atoms with Crippen LogP contribution in [0, 0.1) is 11.3 Å². The van der Waals surface area contributed by atoms with Crippen LogP contribution in [0.2, 0.25) is 0 Å². The first-order chi connectivity index (χ1) is 10.6. The Labute approximate surface area is 140 Å². The van der Waals surface area contributed by atoms with Crippen molar-refractivity contribution in [2.24, 2.45) is 11.3 Å². The fourth-order valence-electron chi connectivity index (χ4n) is 1.73. The van der Waals surface area contributed by atoms with Crippen LogP contribution in [-0.2, 0) is 19.1 Å². The van der Waals surface area contributed by atoms with Gasteiger partial charge in [-0.05, 0) is 47.8 Å². The molecule has 1 unspecified atom stereocenters. The summed E-state index contributed by atoms with van der Waals surface area (Å²) in [6.07, 6.45) is 0.878. The standard InChI is InChI=1S/C17H34N2O4/c1-13(2)15(20)23-12-17(5,11-22-14(3)4)16(21)18-9-8-10-19(6)7/h13-14H,8-12H2,1-7H3,(H,18,21). The lowest BCUT2D eigenvalue weighted by molar-refractivity contribution is -0.156. The normalized spacial score (nSPS) is 14.2. The Bertz CT molecular complexity index is 370. The second-order valence-corrected chi connectivity index (χ2v) is 7.10. The van der Waals surface area contributed by atoms with Crippen LogP contribution < -0.4 is 5.32 Å². The zero-order valence-electron chi connectivity index (χ0n) is 15.8. The SMILES string of the molecule is CC(C)OCC(C)(COC(=O)C(C)C)C(=O)NCCCN(C)C. The molecule has 0 bridgehead atoms.